The fraction of sp³-hybridized carbons (Fsp3) is 0.267. The van der Waals surface area contributed by atoms with Gasteiger partial charge in [0.1, 0.15) is 5.75 Å². The number of methoxy groups -OCH3 is 1. The summed E-state index contributed by atoms with van der Waals surface area (Å²) in [5.74, 6) is 0.863. The van der Waals surface area contributed by atoms with Crippen molar-refractivity contribution >= 4 is 5.69 Å². The van der Waals surface area contributed by atoms with Crippen LogP contribution in [0.1, 0.15) is 11.3 Å². The van der Waals surface area contributed by atoms with Crippen molar-refractivity contribution in [2.75, 3.05) is 19.9 Å². The van der Waals surface area contributed by atoms with Crippen molar-refractivity contribution in [2.45, 2.75) is 13.1 Å². The van der Waals surface area contributed by atoms with Crippen LogP contribution < -0.4 is 10.5 Å². The van der Waals surface area contributed by atoms with Crippen LogP contribution >= 0.6 is 0 Å². The van der Waals surface area contributed by atoms with E-state index in [4.69, 9.17) is 10.5 Å². The Labute approximate surface area is 113 Å². The van der Waals surface area contributed by atoms with Crippen molar-refractivity contribution < 1.29 is 4.74 Å². The lowest BCUT2D eigenvalue weighted by Crippen LogP contribution is -2.18. The minimum Gasteiger partial charge on any atom is -0.496 e. The summed E-state index contributed by atoms with van der Waals surface area (Å²) in [5, 5.41) is 0. The zero-order valence-electron chi connectivity index (χ0n) is 11.3. The Morgan fingerprint density at radius 2 is 2.05 bits per heavy atom. The molecule has 0 bridgehead atoms. The predicted molar refractivity (Wildman–Crippen MR) is 76.8 cm³/mol. The Bertz CT molecular complexity index is 528. The van der Waals surface area contributed by atoms with E-state index >= 15 is 0 Å². The molecule has 0 amide bonds. The fourth-order valence-electron chi connectivity index (χ4n) is 2.04. The number of nitrogens with two attached hydrogens (primary N) is 1. The Morgan fingerprint density at radius 1 is 1.21 bits per heavy atom. The molecular weight excluding hydrogens is 238 g/mol. The third-order valence-corrected chi connectivity index (χ3v) is 2.90. The van der Waals surface area contributed by atoms with E-state index in [1.54, 1.807) is 7.11 Å². The van der Waals surface area contributed by atoms with Gasteiger partial charge in [0.15, 0.2) is 0 Å². The van der Waals surface area contributed by atoms with E-state index in [1.165, 1.54) is 0 Å². The molecule has 0 aliphatic heterocycles. The average Bonchev–Trinajstić information content (AvgIpc) is 2.40. The lowest BCUT2D eigenvalue weighted by Gasteiger charge is -2.18. The highest BCUT2D eigenvalue weighted by atomic mass is 16.5. The molecule has 0 aliphatic carbocycles. The molecule has 1 aromatic carbocycles. The third kappa shape index (κ3) is 3.69. The van der Waals surface area contributed by atoms with Crippen LogP contribution in [0.15, 0.2) is 42.6 Å². The van der Waals surface area contributed by atoms with Crippen LogP contribution in [0.25, 0.3) is 0 Å². The summed E-state index contributed by atoms with van der Waals surface area (Å²) in [6.07, 6.45) is 1.81. The molecular formula is C15H19N3O. The minimum atomic E-state index is 0.752. The van der Waals surface area contributed by atoms with Gasteiger partial charge in [-0.25, -0.2) is 0 Å². The number of nitrogen functional groups attached to an aromatic ring is 1. The van der Waals surface area contributed by atoms with Crippen LogP contribution in [0.4, 0.5) is 5.69 Å². The van der Waals surface area contributed by atoms with E-state index in [2.05, 4.69) is 16.9 Å². The summed E-state index contributed by atoms with van der Waals surface area (Å²) >= 11 is 0. The highest BCUT2D eigenvalue weighted by Crippen LogP contribution is 2.22. The molecule has 2 N–H and O–H groups in total. The first-order chi connectivity index (χ1) is 9.19. The van der Waals surface area contributed by atoms with Gasteiger partial charge in [0.05, 0.1) is 12.8 Å². The van der Waals surface area contributed by atoms with Gasteiger partial charge in [0.25, 0.3) is 0 Å². The summed E-state index contributed by atoms with van der Waals surface area (Å²) < 4.78 is 5.35. The molecule has 0 atom stereocenters. The summed E-state index contributed by atoms with van der Waals surface area (Å²) in [4.78, 5) is 6.50. The molecule has 2 aromatic rings. The number of nitrogens with zero attached hydrogens (tertiary/aromatic N) is 2. The number of hydrogen-bond donors (Lipinski definition) is 1. The molecule has 1 heterocycles. The monoisotopic (exact) mass is 257 g/mol. The van der Waals surface area contributed by atoms with E-state index in [1.807, 2.05) is 42.6 Å². The van der Waals surface area contributed by atoms with E-state index in [-0.39, 0.29) is 0 Å². The van der Waals surface area contributed by atoms with Gasteiger partial charge in [-0.1, -0.05) is 6.07 Å². The maximum absolute atomic E-state index is 5.82. The maximum atomic E-state index is 5.82. The molecule has 0 unspecified atom stereocenters. The number of benzene rings is 1. The number of hydrogen-bond acceptors (Lipinski definition) is 4. The van der Waals surface area contributed by atoms with Crippen molar-refractivity contribution in [3.63, 3.8) is 0 Å². The van der Waals surface area contributed by atoms with Gasteiger partial charge in [0, 0.05) is 30.5 Å². The van der Waals surface area contributed by atoms with Gasteiger partial charge in [-0.2, -0.15) is 0 Å². The molecule has 1 aromatic heterocycles. The van der Waals surface area contributed by atoms with Crippen molar-refractivity contribution in [1.82, 2.24) is 9.88 Å². The first-order valence-corrected chi connectivity index (χ1v) is 6.20. The highest BCUT2D eigenvalue weighted by Gasteiger charge is 2.08. The molecule has 0 aliphatic rings. The summed E-state index contributed by atoms with van der Waals surface area (Å²) in [6.45, 7) is 1.56. The number of rotatable bonds is 5. The third-order valence-electron chi connectivity index (χ3n) is 2.90. The van der Waals surface area contributed by atoms with E-state index in [0.717, 1.165) is 35.8 Å². The molecule has 2 rings (SSSR count). The predicted octanol–water partition coefficient (Wildman–Crippen LogP) is 2.30. The second kappa shape index (κ2) is 6.20. The summed E-state index contributed by atoms with van der Waals surface area (Å²) in [5.41, 5.74) is 8.71. The molecule has 0 saturated heterocycles. The normalized spacial score (nSPS) is 10.7. The van der Waals surface area contributed by atoms with Gasteiger partial charge < -0.3 is 10.5 Å². The standard InChI is InChI=1S/C15H19N3O/c1-18(11-14-5-3-4-8-17-14)10-12-9-13(16)6-7-15(12)19-2/h3-9H,10-11,16H2,1-2H3. The average molecular weight is 257 g/mol. The number of pyridine rings is 1. The van der Waals surface area contributed by atoms with Gasteiger partial charge in [-0.15, -0.1) is 0 Å². The molecule has 4 heteroatoms. The summed E-state index contributed by atoms with van der Waals surface area (Å²) in [6, 6.07) is 11.6. The van der Waals surface area contributed by atoms with Crippen LogP contribution in [0.2, 0.25) is 0 Å². The van der Waals surface area contributed by atoms with Crippen LogP contribution in [0, 0.1) is 0 Å². The lowest BCUT2D eigenvalue weighted by molar-refractivity contribution is 0.306. The topological polar surface area (TPSA) is 51.4 Å². The largest absolute Gasteiger partial charge is 0.496 e. The van der Waals surface area contributed by atoms with Crippen LogP contribution in [-0.4, -0.2) is 24.0 Å². The first kappa shape index (κ1) is 13.4. The molecule has 4 nitrogen and oxygen atoms in total. The van der Waals surface area contributed by atoms with Crippen LogP contribution in [0.3, 0.4) is 0 Å². The van der Waals surface area contributed by atoms with E-state index < -0.39 is 0 Å². The summed E-state index contributed by atoms with van der Waals surface area (Å²) in [7, 11) is 3.73. The lowest BCUT2D eigenvalue weighted by atomic mass is 10.1. The van der Waals surface area contributed by atoms with E-state index in [0.29, 0.717) is 0 Å². The van der Waals surface area contributed by atoms with Crippen LogP contribution in [0.5, 0.6) is 5.75 Å². The molecule has 0 radical (unpaired) electrons. The van der Waals surface area contributed by atoms with Crippen LogP contribution in [-0.2, 0) is 13.1 Å². The number of ether oxygens (including phenoxy) is 1. The zero-order chi connectivity index (χ0) is 13.7. The van der Waals surface area contributed by atoms with Crippen molar-refractivity contribution in [3.05, 3.63) is 53.9 Å². The number of aromatic nitrogens is 1. The van der Waals surface area contributed by atoms with Gasteiger partial charge >= 0.3 is 0 Å². The second-order valence-electron chi connectivity index (χ2n) is 4.56. The molecule has 100 valence electrons. The molecule has 19 heavy (non-hydrogen) atoms. The van der Waals surface area contributed by atoms with Gasteiger partial charge in [-0.3, -0.25) is 9.88 Å². The highest BCUT2D eigenvalue weighted by molar-refractivity contribution is 5.47. The number of anilines is 1. The van der Waals surface area contributed by atoms with E-state index in [9.17, 15) is 0 Å². The Morgan fingerprint density at radius 3 is 2.74 bits per heavy atom. The van der Waals surface area contributed by atoms with Crippen molar-refractivity contribution in [1.29, 1.82) is 0 Å². The maximum Gasteiger partial charge on any atom is 0.123 e. The van der Waals surface area contributed by atoms with Crippen molar-refractivity contribution in [3.8, 4) is 5.75 Å². The Hall–Kier alpha value is -2.07. The Balaban J connectivity index is 2.06. The van der Waals surface area contributed by atoms with Crippen molar-refractivity contribution in [2.24, 2.45) is 0 Å². The second-order valence-corrected chi connectivity index (χ2v) is 4.56. The van der Waals surface area contributed by atoms with Gasteiger partial charge in [0.2, 0.25) is 0 Å². The molecule has 0 saturated carbocycles. The first-order valence-electron chi connectivity index (χ1n) is 6.20. The minimum absolute atomic E-state index is 0.752. The molecule has 0 fully saturated rings. The smallest absolute Gasteiger partial charge is 0.123 e. The SMILES string of the molecule is COc1ccc(N)cc1CN(C)Cc1ccccn1. The Kier molecular flexibility index (Phi) is 4.36. The molecule has 0 spiro atoms. The fourth-order valence-corrected chi connectivity index (χ4v) is 2.04. The zero-order valence-corrected chi connectivity index (χ0v) is 11.3. The van der Waals surface area contributed by atoms with Gasteiger partial charge in [-0.05, 0) is 37.4 Å². The quantitative estimate of drug-likeness (QED) is 0.835.